The lowest BCUT2D eigenvalue weighted by Crippen LogP contribution is -3.12. The van der Waals surface area contributed by atoms with E-state index in [1.807, 2.05) is 7.05 Å². The Morgan fingerprint density at radius 1 is 1.19 bits per heavy atom. The Labute approximate surface area is 126 Å². The molecule has 2 N–H and O–H groups in total. The van der Waals surface area contributed by atoms with Crippen LogP contribution in [0.15, 0.2) is 24.3 Å². The number of methoxy groups -OCH3 is 1. The van der Waals surface area contributed by atoms with Gasteiger partial charge in [0.1, 0.15) is 6.54 Å². The van der Waals surface area contributed by atoms with Gasteiger partial charge in [0.2, 0.25) is 0 Å². The molecule has 0 radical (unpaired) electrons. The van der Waals surface area contributed by atoms with E-state index in [-0.39, 0.29) is 11.9 Å². The van der Waals surface area contributed by atoms with E-state index in [9.17, 15) is 9.59 Å². The highest BCUT2D eigenvalue weighted by molar-refractivity contribution is 5.93. The van der Waals surface area contributed by atoms with E-state index < -0.39 is 6.09 Å². The topological polar surface area (TPSA) is 59.8 Å². The Morgan fingerprint density at radius 3 is 2.24 bits per heavy atom. The van der Waals surface area contributed by atoms with Crippen molar-refractivity contribution in [3.8, 4) is 0 Å². The average Bonchev–Trinajstić information content (AvgIpc) is 2.46. The molecule has 0 spiro atoms. The number of benzene rings is 1. The first-order valence-corrected chi connectivity index (χ1v) is 7.15. The third-order valence-electron chi connectivity index (χ3n) is 3.67. The first-order valence-electron chi connectivity index (χ1n) is 7.15. The molecule has 1 aromatic carbocycles. The summed E-state index contributed by atoms with van der Waals surface area (Å²) in [5, 5.41) is 2.20. The van der Waals surface area contributed by atoms with Crippen LogP contribution in [0.25, 0.3) is 0 Å². The molecule has 5 nitrogen and oxygen atoms in total. The molecule has 0 bridgehead atoms. The number of carbonyl (C=O) groups excluding carboxylic acids is 2. The predicted octanol–water partition coefficient (Wildman–Crippen LogP) is 1.10. The van der Waals surface area contributed by atoms with Crippen LogP contribution in [0, 0.1) is 0 Å². The lowest BCUT2D eigenvalue weighted by molar-refractivity contribution is -0.908. The second kappa shape index (κ2) is 7.78. The molecule has 1 unspecified atom stereocenters. The van der Waals surface area contributed by atoms with Gasteiger partial charge in [-0.05, 0) is 18.4 Å². The number of hydrogen-bond donors (Lipinski definition) is 2. The summed E-state index contributed by atoms with van der Waals surface area (Å²) in [6.07, 6.45) is -0.721. The molecule has 1 rings (SSSR count). The highest BCUT2D eigenvalue weighted by atomic mass is 16.5. The number of carbonyl (C=O) groups is 2. The third-order valence-corrected chi connectivity index (χ3v) is 3.67. The summed E-state index contributed by atoms with van der Waals surface area (Å²) >= 11 is 0. The summed E-state index contributed by atoms with van der Waals surface area (Å²) < 4.78 is 4.42. The lowest BCUT2D eigenvalue weighted by Gasteiger charge is -2.20. The zero-order valence-electron chi connectivity index (χ0n) is 13.4. The van der Waals surface area contributed by atoms with Crippen molar-refractivity contribution in [2.24, 2.45) is 0 Å². The summed E-state index contributed by atoms with van der Waals surface area (Å²) in [5.41, 5.74) is 2.46. The van der Waals surface area contributed by atoms with Gasteiger partial charge in [-0.3, -0.25) is 10.1 Å². The van der Waals surface area contributed by atoms with Crippen LogP contribution in [0.3, 0.4) is 0 Å². The number of amides is 2. The highest BCUT2D eigenvalue weighted by Crippen LogP contribution is 2.14. The molecule has 0 heterocycles. The summed E-state index contributed by atoms with van der Waals surface area (Å²) in [6, 6.07) is 8.07. The maximum Gasteiger partial charge on any atom is 0.413 e. The van der Waals surface area contributed by atoms with Gasteiger partial charge in [0.25, 0.3) is 5.91 Å². The van der Waals surface area contributed by atoms with Gasteiger partial charge in [-0.25, -0.2) is 4.79 Å². The Morgan fingerprint density at radius 2 is 1.76 bits per heavy atom. The van der Waals surface area contributed by atoms with E-state index >= 15 is 0 Å². The van der Waals surface area contributed by atoms with Gasteiger partial charge in [-0.15, -0.1) is 0 Å². The zero-order chi connectivity index (χ0) is 16.0. The van der Waals surface area contributed by atoms with Crippen LogP contribution in [0.1, 0.15) is 37.8 Å². The van der Waals surface area contributed by atoms with Crippen molar-refractivity contribution in [1.29, 1.82) is 0 Å². The number of quaternary nitrogens is 1. The zero-order valence-corrected chi connectivity index (χ0v) is 13.4. The van der Waals surface area contributed by atoms with Crippen molar-refractivity contribution in [2.45, 2.75) is 39.3 Å². The molecule has 0 aromatic heterocycles. The molecule has 0 aliphatic rings. The lowest BCUT2D eigenvalue weighted by atomic mass is 10.0. The van der Waals surface area contributed by atoms with Crippen molar-refractivity contribution in [3.05, 3.63) is 35.4 Å². The van der Waals surface area contributed by atoms with Crippen molar-refractivity contribution in [3.63, 3.8) is 0 Å². The summed E-state index contributed by atoms with van der Waals surface area (Å²) in [6.45, 7) is 6.82. The van der Waals surface area contributed by atoms with Crippen molar-refractivity contribution >= 4 is 12.0 Å². The van der Waals surface area contributed by atoms with Crippen LogP contribution >= 0.6 is 0 Å². The van der Waals surface area contributed by atoms with Gasteiger partial charge in [-0.1, -0.05) is 38.1 Å². The number of ether oxygens (including phenoxy) is 1. The average molecular weight is 293 g/mol. The van der Waals surface area contributed by atoms with Crippen molar-refractivity contribution < 1.29 is 19.2 Å². The summed E-state index contributed by atoms with van der Waals surface area (Å²) in [7, 11) is 3.16. The molecule has 2 amide bonds. The molecule has 0 saturated heterocycles. The molecule has 2 atom stereocenters. The maximum atomic E-state index is 11.9. The normalized spacial score (nSPS) is 13.6. The number of alkyl carbamates (subject to hydrolysis) is 1. The van der Waals surface area contributed by atoms with Gasteiger partial charge >= 0.3 is 6.09 Å². The first kappa shape index (κ1) is 17.2. The molecule has 21 heavy (non-hydrogen) atoms. The Balaban J connectivity index is 2.61. The standard InChI is InChI=1S/C16H24N2O3/c1-11(2)14-8-6-13(7-9-14)10-18(4)12(3)15(19)17-16(20)21-5/h6-9,11-12H,10H2,1-5H3,(H,17,19,20)/p+1/t12-/m1/s1. The SMILES string of the molecule is COC(=O)NC(=O)[C@@H](C)[NH+](C)Cc1ccc(C(C)C)cc1. The largest absolute Gasteiger partial charge is 0.453 e. The van der Waals surface area contributed by atoms with Crippen LogP contribution < -0.4 is 10.2 Å². The number of rotatable bonds is 5. The van der Waals surface area contributed by atoms with E-state index in [4.69, 9.17) is 0 Å². The van der Waals surface area contributed by atoms with Gasteiger partial charge in [0.05, 0.1) is 14.2 Å². The Hall–Kier alpha value is -1.88. The Kier molecular flexibility index (Phi) is 6.37. The van der Waals surface area contributed by atoms with Crippen LogP contribution in [0.5, 0.6) is 0 Å². The molecule has 1 aromatic rings. The minimum absolute atomic E-state index is 0.335. The van der Waals surface area contributed by atoms with Crippen LogP contribution in [-0.4, -0.2) is 32.2 Å². The molecular formula is C16H25N2O3+. The van der Waals surface area contributed by atoms with Crippen molar-refractivity contribution in [1.82, 2.24) is 5.32 Å². The molecule has 116 valence electrons. The molecular weight excluding hydrogens is 268 g/mol. The summed E-state index contributed by atoms with van der Waals surface area (Å²) in [4.78, 5) is 23.9. The number of likely N-dealkylation sites (N-methyl/N-ethyl adjacent to an activating group) is 1. The van der Waals surface area contributed by atoms with Crippen LogP contribution in [0.2, 0.25) is 0 Å². The number of nitrogens with one attached hydrogen (secondary N) is 2. The maximum absolute atomic E-state index is 11.9. The minimum Gasteiger partial charge on any atom is -0.453 e. The van der Waals surface area contributed by atoms with Gasteiger partial charge < -0.3 is 9.64 Å². The number of imide groups is 1. The number of hydrogen-bond acceptors (Lipinski definition) is 3. The second-order valence-corrected chi connectivity index (χ2v) is 5.62. The van der Waals surface area contributed by atoms with Crippen molar-refractivity contribution in [2.75, 3.05) is 14.2 Å². The Bertz CT molecular complexity index is 483. The first-order chi connectivity index (χ1) is 9.85. The summed E-state index contributed by atoms with van der Waals surface area (Å²) in [5.74, 6) is 0.173. The smallest absolute Gasteiger partial charge is 0.413 e. The van der Waals surface area contributed by atoms with E-state index in [2.05, 4.69) is 48.2 Å². The fourth-order valence-corrected chi connectivity index (χ4v) is 1.98. The van der Waals surface area contributed by atoms with Gasteiger partial charge in [0, 0.05) is 5.56 Å². The predicted molar refractivity (Wildman–Crippen MR) is 81.1 cm³/mol. The molecule has 0 saturated carbocycles. The quantitative estimate of drug-likeness (QED) is 0.854. The van der Waals surface area contributed by atoms with Crippen LogP contribution in [-0.2, 0) is 16.1 Å². The van der Waals surface area contributed by atoms with E-state index in [1.54, 1.807) is 6.92 Å². The monoisotopic (exact) mass is 293 g/mol. The van der Waals surface area contributed by atoms with E-state index in [1.165, 1.54) is 12.7 Å². The highest BCUT2D eigenvalue weighted by Gasteiger charge is 2.23. The molecule has 0 aliphatic carbocycles. The second-order valence-electron chi connectivity index (χ2n) is 5.62. The fraction of sp³-hybridized carbons (Fsp3) is 0.500. The van der Waals surface area contributed by atoms with Gasteiger partial charge in [-0.2, -0.15) is 0 Å². The van der Waals surface area contributed by atoms with E-state index in [0.717, 1.165) is 10.5 Å². The fourth-order valence-electron chi connectivity index (χ4n) is 1.98. The molecule has 0 aliphatic heterocycles. The van der Waals surface area contributed by atoms with E-state index in [0.29, 0.717) is 12.5 Å². The third kappa shape index (κ3) is 5.19. The molecule has 0 fully saturated rings. The van der Waals surface area contributed by atoms with Gasteiger partial charge in [0.15, 0.2) is 6.04 Å². The van der Waals surface area contributed by atoms with Crippen LogP contribution in [0.4, 0.5) is 4.79 Å². The molecule has 5 heteroatoms. The minimum atomic E-state index is -0.721.